The van der Waals surface area contributed by atoms with Gasteiger partial charge in [-0.1, -0.05) is 96.5 Å². The Balaban J connectivity index is 1.60. The number of hydrogen-bond donors (Lipinski definition) is 1. The first-order valence-corrected chi connectivity index (χ1v) is 13.0. The fraction of sp³-hybridized carbons (Fsp3) is 0.188. The van der Waals surface area contributed by atoms with E-state index in [-0.39, 0.29) is 30.6 Å². The Morgan fingerprint density at radius 2 is 1.32 bits per heavy atom. The number of halogens is 2. The molecule has 0 spiro atoms. The first-order valence-electron chi connectivity index (χ1n) is 12.6. The third-order valence-electron chi connectivity index (χ3n) is 6.39. The molecule has 1 N–H and O–H groups in total. The highest BCUT2D eigenvalue weighted by Crippen LogP contribution is 2.18. The van der Waals surface area contributed by atoms with Crippen molar-refractivity contribution >= 4 is 23.4 Å². The summed E-state index contributed by atoms with van der Waals surface area (Å²) in [6, 6.07) is 32.0. The molecule has 0 unspecified atom stereocenters. The van der Waals surface area contributed by atoms with Crippen molar-refractivity contribution in [2.24, 2.45) is 0 Å². The molecule has 0 aromatic heterocycles. The van der Waals surface area contributed by atoms with Gasteiger partial charge in [0.05, 0.1) is 0 Å². The zero-order valence-electron chi connectivity index (χ0n) is 21.0. The van der Waals surface area contributed by atoms with E-state index in [0.717, 1.165) is 22.3 Å². The van der Waals surface area contributed by atoms with Crippen LogP contribution in [0.2, 0.25) is 5.02 Å². The standard InChI is InChI=1S/C32H30ClFN2O2/c33-28-16-11-26(12-17-28)22-35-32(38)30(21-25-9-5-2-6-10-25)36(23-27-13-18-29(34)19-14-27)31(37)20-15-24-7-3-1-4-8-24/h1-14,16-19,30H,15,20-23H2,(H,35,38)/t30-/m1/s1. The van der Waals surface area contributed by atoms with Gasteiger partial charge in [0.2, 0.25) is 11.8 Å². The Labute approximate surface area is 228 Å². The molecule has 38 heavy (non-hydrogen) atoms. The SMILES string of the molecule is O=C(NCc1ccc(Cl)cc1)[C@@H](Cc1ccccc1)N(Cc1ccc(F)cc1)C(=O)CCc1ccccc1. The summed E-state index contributed by atoms with van der Waals surface area (Å²) in [6.07, 6.45) is 1.16. The van der Waals surface area contributed by atoms with Crippen molar-refractivity contribution in [3.05, 3.63) is 142 Å². The summed E-state index contributed by atoms with van der Waals surface area (Å²) in [6.45, 7) is 0.504. The van der Waals surface area contributed by atoms with Crippen molar-refractivity contribution in [3.8, 4) is 0 Å². The summed E-state index contributed by atoms with van der Waals surface area (Å²) < 4.78 is 13.6. The van der Waals surface area contributed by atoms with Crippen LogP contribution in [-0.2, 0) is 35.5 Å². The normalized spacial score (nSPS) is 11.5. The maximum Gasteiger partial charge on any atom is 0.243 e. The second-order valence-corrected chi connectivity index (χ2v) is 9.62. The minimum absolute atomic E-state index is 0.138. The van der Waals surface area contributed by atoms with E-state index < -0.39 is 6.04 Å². The van der Waals surface area contributed by atoms with Crippen molar-refractivity contribution in [3.63, 3.8) is 0 Å². The van der Waals surface area contributed by atoms with Crippen LogP contribution < -0.4 is 5.32 Å². The van der Waals surface area contributed by atoms with Crippen LogP contribution in [0.1, 0.15) is 28.7 Å². The van der Waals surface area contributed by atoms with E-state index in [1.807, 2.05) is 72.8 Å². The number of amides is 2. The molecule has 194 valence electrons. The average Bonchev–Trinajstić information content (AvgIpc) is 2.95. The Kier molecular flexibility index (Phi) is 9.65. The summed E-state index contributed by atoms with van der Waals surface area (Å²) in [5, 5.41) is 3.63. The molecular formula is C32H30ClFN2O2. The first kappa shape index (κ1) is 27.1. The fourth-order valence-electron chi connectivity index (χ4n) is 4.29. The number of nitrogens with one attached hydrogen (secondary N) is 1. The number of aryl methyl sites for hydroxylation is 1. The van der Waals surface area contributed by atoms with Crippen LogP contribution in [0.3, 0.4) is 0 Å². The lowest BCUT2D eigenvalue weighted by Gasteiger charge is -2.31. The molecule has 0 saturated carbocycles. The number of nitrogens with zero attached hydrogens (tertiary/aromatic N) is 1. The van der Waals surface area contributed by atoms with Gasteiger partial charge in [0.1, 0.15) is 11.9 Å². The molecule has 0 aliphatic rings. The van der Waals surface area contributed by atoms with Crippen LogP contribution in [0, 0.1) is 5.82 Å². The van der Waals surface area contributed by atoms with Crippen molar-refractivity contribution < 1.29 is 14.0 Å². The van der Waals surface area contributed by atoms with Crippen molar-refractivity contribution in [1.82, 2.24) is 10.2 Å². The molecule has 4 nitrogen and oxygen atoms in total. The molecule has 0 heterocycles. The Morgan fingerprint density at radius 3 is 1.95 bits per heavy atom. The molecule has 4 aromatic carbocycles. The van der Waals surface area contributed by atoms with Gasteiger partial charge in [-0.3, -0.25) is 9.59 Å². The van der Waals surface area contributed by atoms with Crippen molar-refractivity contribution in [2.45, 2.75) is 38.4 Å². The van der Waals surface area contributed by atoms with Crippen molar-refractivity contribution in [2.75, 3.05) is 0 Å². The molecule has 0 fully saturated rings. The average molecular weight is 529 g/mol. The molecule has 2 amide bonds. The molecular weight excluding hydrogens is 499 g/mol. The minimum atomic E-state index is -0.752. The second kappa shape index (κ2) is 13.5. The molecule has 0 saturated heterocycles. The van der Waals surface area contributed by atoms with Crippen LogP contribution in [-0.4, -0.2) is 22.8 Å². The highest BCUT2D eigenvalue weighted by atomic mass is 35.5. The van der Waals surface area contributed by atoms with Crippen LogP contribution in [0.4, 0.5) is 4.39 Å². The highest BCUT2D eigenvalue weighted by molar-refractivity contribution is 6.30. The van der Waals surface area contributed by atoms with E-state index >= 15 is 0 Å². The molecule has 4 aromatic rings. The maximum atomic E-state index is 13.7. The van der Waals surface area contributed by atoms with E-state index in [2.05, 4.69) is 5.32 Å². The lowest BCUT2D eigenvalue weighted by molar-refractivity contribution is -0.141. The highest BCUT2D eigenvalue weighted by Gasteiger charge is 2.30. The predicted molar refractivity (Wildman–Crippen MR) is 149 cm³/mol. The Hall–Kier alpha value is -3.96. The second-order valence-electron chi connectivity index (χ2n) is 9.18. The molecule has 0 bridgehead atoms. The lowest BCUT2D eigenvalue weighted by Crippen LogP contribution is -2.50. The number of carbonyl (C=O) groups excluding carboxylic acids is 2. The molecule has 0 radical (unpaired) electrons. The van der Waals surface area contributed by atoms with Crippen LogP contribution in [0.5, 0.6) is 0 Å². The zero-order chi connectivity index (χ0) is 26.7. The summed E-state index contributed by atoms with van der Waals surface area (Å²) in [5.41, 5.74) is 3.65. The van der Waals surface area contributed by atoms with Crippen LogP contribution in [0.25, 0.3) is 0 Å². The van der Waals surface area contributed by atoms with Gasteiger partial charge in [-0.25, -0.2) is 4.39 Å². The zero-order valence-corrected chi connectivity index (χ0v) is 21.8. The smallest absolute Gasteiger partial charge is 0.243 e. The van der Waals surface area contributed by atoms with Gasteiger partial charge in [0.25, 0.3) is 0 Å². The summed E-state index contributed by atoms with van der Waals surface area (Å²) >= 11 is 6.00. The fourth-order valence-corrected chi connectivity index (χ4v) is 4.42. The van der Waals surface area contributed by atoms with E-state index in [1.165, 1.54) is 12.1 Å². The largest absolute Gasteiger partial charge is 0.350 e. The van der Waals surface area contributed by atoms with Crippen molar-refractivity contribution in [1.29, 1.82) is 0 Å². The summed E-state index contributed by atoms with van der Waals surface area (Å²) in [7, 11) is 0. The van der Waals surface area contributed by atoms with Gasteiger partial charge in [-0.15, -0.1) is 0 Å². The topological polar surface area (TPSA) is 49.4 Å². The van der Waals surface area contributed by atoms with Gasteiger partial charge >= 0.3 is 0 Å². The van der Waals surface area contributed by atoms with E-state index in [4.69, 9.17) is 11.6 Å². The number of rotatable bonds is 11. The maximum absolute atomic E-state index is 13.7. The molecule has 4 rings (SSSR count). The quantitative estimate of drug-likeness (QED) is 0.246. The van der Waals surface area contributed by atoms with Gasteiger partial charge < -0.3 is 10.2 Å². The minimum Gasteiger partial charge on any atom is -0.350 e. The predicted octanol–water partition coefficient (Wildman–Crippen LogP) is 6.37. The molecule has 1 atom stereocenters. The number of hydrogen-bond acceptors (Lipinski definition) is 2. The van der Waals surface area contributed by atoms with Gasteiger partial charge in [0.15, 0.2) is 0 Å². The lowest BCUT2D eigenvalue weighted by atomic mass is 10.0. The van der Waals surface area contributed by atoms with Gasteiger partial charge in [0, 0.05) is 31.0 Å². The monoisotopic (exact) mass is 528 g/mol. The Bertz CT molecular complexity index is 1310. The Morgan fingerprint density at radius 1 is 0.737 bits per heavy atom. The molecule has 0 aliphatic heterocycles. The van der Waals surface area contributed by atoms with Crippen LogP contribution >= 0.6 is 11.6 Å². The van der Waals surface area contributed by atoms with E-state index in [9.17, 15) is 14.0 Å². The number of carbonyl (C=O) groups is 2. The number of benzene rings is 4. The van der Waals surface area contributed by atoms with E-state index in [1.54, 1.807) is 29.2 Å². The third kappa shape index (κ3) is 8.02. The summed E-state index contributed by atoms with van der Waals surface area (Å²) in [4.78, 5) is 29.0. The first-order chi connectivity index (χ1) is 18.5. The molecule has 6 heteroatoms. The third-order valence-corrected chi connectivity index (χ3v) is 6.64. The van der Waals surface area contributed by atoms with Gasteiger partial charge in [-0.2, -0.15) is 0 Å². The van der Waals surface area contributed by atoms with Crippen LogP contribution in [0.15, 0.2) is 109 Å². The van der Waals surface area contributed by atoms with Gasteiger partial charge in [-0.05, 0) is 52.9 Å². The molecule has 0 aliphatic carbocycles. The van der Waals surface area contributed by atoms with E-state index in [0.29, 0.717) is 24.4 Å². The summed E-state index contributed by atoms with van der Waals surface area (Å²) in [5.74, 6) is -0.739.